The van der Waals surface area contributed by atoms with Crippen LogP contribution in [0.3, 0.4) is 0 Å². The van der Waals surface area contributed by atoms with Crippen molar-refractivity contribution in [3.8, 4) is 22.8 Å². The third-order valence-corrected chi connectivity index (χ3v) is 10.5. The number of benzene rings is 2. The number of fused-ring (bicyclic) bond motifs is 2. The van der Waals surface area contributed by atoms with Gasteiger partial charge in [-0.15, -0.1) is 0 Å². The molecule has 1 saturated heterocycles. The van der Waals surface area contributed by atoms with Gasteiger partial charge in [0.25, 0.3) is 5.91 Å². The Balaban J connectivity index is 1.22. The number of thioether (sulfide) groups is 1. The lowest BCUT2D eigenvalue weighted by molar-refractivity contribution is -0.124. The molecule has 1 aromatic heterocycles. The molecular weight excluding hydrogens is 639 g/mol. The summed E-state index contributed by atoms with van der Waals surface area (Å²) >= 11 is 7.02. The molecule has 3 aliphatic rings. The molecule has 3 fully saturated rings. The lowest BCUT2D eigenvalue weighted by Crippen LogP contribution is -2.41. The van der Waals surface area contributed by atoms with Crippen LogP contribution in [0.15, 0.2) is 63.9 Å². The Labute approximate surface area is 282 Å². The first-order valence-electron chi connectivity index (χ1n) is 15.7. The van der Waals surface area contributed by atoms with Crippen molar-refractivity contribution in [3.05, 3.63) is 76.4 Å². The largest absolute Gasteiger partial charge is 0.497 e. The molecular formula is C35H37N3O7S2. The number of hydrogen-bond acceptors (Lipinski definition) is 8. The van der Waals surface area contributed by atoms with Gasteiger partial charge in [0.15, 0.2) is 0 Å². The van der Waals surface area contributed by atoms with Crippen LogP contribution >= 0.6 is 24.0 Å². The molecule has 4 atom stereocenters. The number of nitrogens with zero attached hydrogens (tertiary/aromatic N) is 1. The minimum absolute atomic E-state index is 0.0744. The number of furan rings is 1. The molecule has 246 valence electrons. The second kappa shape index (κ2) is 14.2. The number of carboxylic acid groups (broad SMARTS) is 1. The normalized spacial score (nSPS) is 21.7. The van der Waals surface area contributed by atoms with Crippen molar-refractivity contribution in [1.82, 2.24) is 15.5 Å². The highest BCUT2D eigenvalue weighted by Gasteiger charge is 2.48. The van der Waals surface area contributed by atoms with Crippen molar-refractivity contribution in [2.45, 2.75) is 50.6 Å². The maximum absolute atomic E-state index is 13.7. The number of methoxy groups -OCH3 is 2. The van der Waals surface area contributed by atoms with Gasteiger partial charge in [-0.25, -0.2) is 4.79 Å². The number of rotatable bonds is 12. The molecule has 1 aliphatic heterocycles. The Hall–Kier alpha value is -4.29. The third kappa shape index (κ3) is 7.18. The van der Waals surface area contributed by atoms with E-state index in [1.807, 2.05) is 23.1 Å². The van der Waals surface area contributed by atoms with Crippen molar-refractivity contribution >= 4 is 52.3 Å². The van der Waals surface area contributed by atoms with Crippen LogP contribution in [-0.2, 0) is 16.0 Å². The third-order valence-electron chi connectivity index (χ3n) is 9.18. The van der Waals surface area contributed by atoms with E-state index in [1.54, 1.807) is 56.7 Å². The zero-order valence-electron chi connectivity index (χ0n) is 26.2. The number of ether oxygens (including phenoxy) is 2. The Bertz CT molecular complexity index is 1680. The molecule has 3 N–H and O–H groups in total. The van der Waals surface area contributed by atoms with Gasteiger partial charge in [0, 0.05) is 30.3 Å². The van der Waals surface area contributed by atoms with Crippen LogP contribution in [0, 0.1) is 11.8 Å². The minimum atomic E-state index is -1.29. The maximum atomic E-state index is 13.7. The fourth-order valence-electron chi connectivity index (χ4n) is 6.93. The SMILES string of the molecule is COc1cc(OC)cc(-c2cc(CCCNC(=O)[C@@H](NC(=O)O)c3ccccc3)c(/C=C3\SC(=S)N(C4CC5CCC4C5)C3=O)o2)c1. The van der Waals surface area contributed by atoms with Crippen molar-refractivity contribution < 1.29 is 33.4 Å². The first-order chi connectivity index (χ1) is 22.7. The Kier molecular flexibility index (Phi) is 9.88. The predicted octanol–water partition coefficient (Wildman–Crippen LogP) is 6.41. The molecule has 12 heteroatoms. The summed E-state index contributed by atoms with van der Waals surface area (Å²) < 4.78 is 17.9. The lowest BCUT2D eigenvalue weighted by atomic mass is 9.94. The number of carbonyl (C=O) groups excluding carboxylic acids is 2. The highest BCUT2D eigenvalue weighted by molar-refractivity contribution is 8.26. The van der Waals surface area contributed by atoms with Crippen molar-refractivity contribution in [1.29, 1.82) is 0 Å². The Morgan fingerprint density at radius 1 is 1.11 bits per heavy atom. The summed E-state index contributed by atoms with van der Waals surface area (Å²) in [5, 5.41) is 14.5. The van der Waals surface area contributed by atoms with Crippen LogP contribution in [0.2, 0.25) is 0 Å². The van der Waals surface area contributed by atoms with E-state index in [9.17, 15) is 19.5 Å². The van der Waals surface area contributed by atoms with Crippen molar-refractivity contribution in [3.63, 3.8) is 0 Å². The van der Waals surface area contributed by atoms with Crippen LogP contribution in [-0.4, -0.2) is 59.0 Å². The summed E-state index contributed by atoms with van der Waals surface area (Å²) in [6.07, 6.45) is 6.12. The molecule has 2 bridgehead atoms. The number of carbonyl (C=O) groups is 3. The van der Waals surface area contributed by atoms with Gasteiger partial charge >= 0.3 is 6.09 Å². The van der Waals surface area contributed by atoms with Crippen LogP contribution < -0.4 is 20.1 Å². The van der Waals surface area contributed by atoms with Crippen molar-refractivity contribution in [2.75, 3.05) is 20.8 Å². The van der Waals surface area contributed by atoms with Gasteiger partial charge in [0.1, 0.15) is 33.4 Å². The molecule has 0 spiro atoms. The van der Waals surface area contributed by atoms with E-state index < -0.39 is 18.0 Å². The van der Waals surface area contributed by atoms with E-state index in [4.69, 9.17) is 26.1 Å². The molecule has 2 saturated carbocycles. The molecule has 2 heterocycles. The summed E-state index contributed by atoms with van der Waals surface area (Å²) in [7, 11) is 3.16. The number of nitrogens with one attached hydrogen (secondary N) is 2. The lowest BCUT2D eigenvalue weighted by Gasteiger charge is -2.30. The zero-order chi connectivity index (χ0) is 33.1. The van der Waals surface area contributed by atoms with E-state index in [-0.39, 0.29) is 11.9 Å². The fraction of sp³-hybridized carbons (Fsp3) is 0.371. The quantitative estimate of drug-likeness (QED) is 0.113. The van der Waals surface area contributed by atoms with Gasteiger partial charge in [-0.05, 0) is 73.3 Å². The summed E-state index contributed by atoms with van der Waals surface area (Å²) in [6, 6.07) is 15.2. The van der Waals surface area contributed by atoms with Crippen LogP contribution in [0.5, 0.6) is 11.5 Å². The topological polar surface area (TPSA) is 130 Å². The van der Waals surface area contributed by atoms with Crippen LogP contribution in [0.4, 0.5) is 4.79 Å². The number of aryl methyl sites for hydroxylation is 1. The fourth-order valence-corrected chi connectivity index (χ4v) is 8.27. The molecule has 0 radical (unpaired) electrons. The second-order valence-corrected chi connectivity index (χ2v) is 13.8. The van der Waals surface area contributed by atoms with Gasteiger partial charge in [-0.2, -0.15) is 0 Å². The van der Waals surface area contributed by atoms with Gasteiger partial charge in [0.2, 0.25) is 5.91 Å². The van der Waals surface area contributed by atoms with E-state index in [1.165, 1.54) is 24.6 Å². The van der Waals surface area contributed by atoms with Gasteiger partial charge in [0.05, 0.1) is 19.1 Å². The molecule has 2 aliphatic carbocycles. The monoisotopic (exact) mass is 675 g/mol. The summed E-state index contributed by atoms with van der Waals surface area (Å²) in [5.41, 5.74) is 2.14. The molecule has 3 amide bonds. The van der Waals surface area contributed by atoms with E-state index in [2.05, 4.69) is 10.6 Å². The van der Waals surface area contributed by atoms with Gasteiger partial charge in [-0.3, -0.25) is 14.5 Å². The van der Waals surface area contributed by atoms with Crippen LogP contribution in [0.1, 0.15) is 55.0 Å². The molecule has 3 aromatic rings. The molecule has 3 unspecified atom stereocenters. The molecule has 47 heavy (non-hydrogen) atoms. The standard InChI is InChI=1S/C35H37N3O7S2/c1-43-25-15-24(16-26(18-25)44-2)28-17-23(9-6-12-36-32(39)31(37-34(41)42)21-7-4-3-5-8-21)29(45-28)19-30-33(40)38(35(46)47-30)27-14-20-10-11-22(27)13-20/h3-5,7-8,15-20,22,27,31,37H,6,9-14H2,1-2H3,(H,36,39)(H,41,42)/b30-19-/t20?,22?,27?,31-/m0/s1. The number of hydrogen-bond donors (Lipinski definition) is 3. The molecule has 6 rings (SSSR count). The average Bonchev–Trinajstić information content (AvgIpc) is 3.86. The van der Waals surface area contributed by atoms with E-state index in [0.717, 1.165) is 24.0 Å². The summed E-state index contributed by atoms with van der Waals surface area (Å²) in [5.74, 6) is 3.00. The predicted molar refractivity (Wildman–Crippen MR) is 183 cm³/mol. The number of thiocarbonyl (C=S) groups is 1. The van der Waals surface area contributed by atoms with E-state index in [0.29, 0.717) is 69.0 Å². The van der Waals surface area contributed by atoms with Crippen molar-refractivity contribution in [2.24, 2.45) is 11.8 Å². The Morgan fingerprint density at radius 2 is 1.85 bits per heavy atom. The maximum Gasteiger partial charge on any atom is 0.405 e. The zero-order valence-corrected chi connectivity index (χ0v) is 27.8. The highest BCUT2D eigenvalue weighted by Crippen LogP contribution is 2.49. The minimum Gasteiger partial charge on any atom is -0.497 e. The van der Waals surface area contributed by atoms with Crippen LogP contribution in [0.25, 0.3) is 17.4 Å². The first-order valence-corrected chi connectivity index (χ1v) is 16.9. The first kappa shape index (κ1) is 32.6. The van der Waals surface area contributed by atoms with Gasteiger partial charge < -0.3 is 29.6 Å². The summed E-state index contributed by atoms with van der Waals surface area (Å²) in [4.78, 5) is 40.5. The Morgan fingerprint density at radius 3 is 2.49 bits per heavy atom. The smallest absolute Gasteiger partial charge is 0.405 e. The average molecular weight is 676 g/mol. The molecule has 10 nitrogen and oxygen atoms in total. The van der Waals surface area contributed by atoms with Gasteiger partial charge in [-0.1, -0.05) is 60.7 Å². The van der Waals surface area contributed by atoms with E-state index >= 15 is 0 Å². The summed E-state index contributed by atoms with van der Waals surface area (Å²) in [6.45, 7) is 0.294. The number of amides is 3. The molecule has 2 aromatic carbocycles. The highest BCUT2D eigenvalue weighted by atomic mass is 32.2. The second-order valence-electron chi connectivity index (χ2n) is 12.1.